The molecule has 2 aliphatic heterocycles. The van der Waals surface area contributed by atoms with Gasteiger partial charge in [-0.1, -0.05) is 13.8 Å². The topological polar surface area (TPSA) is 143 Å². The van der Waals surface area contributed by atoms with Crippen LogP contribution in [0.25, 0.3) is 0 Å². The zero-order valence-corrected chi connectivity index (χ0v) is 20.2. The number of cyclic esters (lactones) is 1. The fraction of sp³-hybridized carbons (Fsp3) is 0.920. The van der Waals surface area contributed by atoms with Crippen LogP contribution < -0.4 is 0 Å². The third kappa shape index (κ3) is 3.38. The van der Waals surface area contributed by atoms with Gasteiger partial charge in [-0.2, -0.15) is 0 Å². The molecule has 0 aromatic rings. The van der Waals surface area contributed by atoms with Crippen LogP contribution in [-0.4, -0.2) is 75.3 Å². The molecule has 0 unspecified atom stereocenters. The molecular formula is C25H38O9. The van der Waals surface area contributed by atoms with Crippen molar-refractivity contribution in [3.8, 4) is 0 Å². The summed E-state index contributed by atoms with van der Waals surface area (Å²) in [4.78, 5) is 23.5. The van der Waals surface area contributed by atoms with Gasteiger partial charge in [0.05, 0.1) is 12.2 Å². The van der Waals surface area contributed by atoms with Crippen LogP contribution in [0.15, 0.2) is 0 Å². The normalized spacial score (nSPS) is 55.0. The van der Waals surface area contributed by atoms with E-state index in [1.54, 1.807) is 0 Å². The summed E-state index contributed by atoms with van der Waals surface area (Å²) in [7, 11) is 0. The first-order chi connectivity index (χ1) is 15.9. The number of carboxylic acid groups (broad SMARTS) is 1. The Hall–Kier alpha value is -1.26. The zero-order valence-electron chi connectivity index (χ0n) is 20.2. The summed E-state index contributed by atoms with van der Waals surface area (Å²) in [6.07, 6.45) is -1.78. The lowest BCUT2D eigenvalue weighted by molar-refractivity contribution is -0.332. The molecule has 5 rings (SSSR count). The summed E-state index contributed by atoms with van der Waals surface area (Å²) >= 11 is 0. The number of carbonyl (C=O) groups is 2. The summed E-state index contributed by atoms with van der Waals surface area (Å²) in [5, 5.41) is 40.2. The molecule has 5 fully saturated rings. The average molecular weight is 483 g/mol. The van der Waals surface area contributed by atoms with Gasteiger partial charge in [0, 0.05) is 11.8 Å². The van der Waals surface area contributed by atoms with Crippen molar-refractivity contribution >= 4 is 11.9 Å². The lowest BCUT2D eigenvalue weighted by atomic mass is 9.46. The fourth-order valence-corrected chi connectivity index (χ4v) is 8.42. The molecule has 0 bridgehead atoms. The second-order valence-corrected chi connectivity index (χ2v) is 12.1. The van der Waals surface area contributed by atoms with E-state index in [9.17, 15) is 30.0 Å². The molecule has 0 amide bonds. The van der Waals surface area contributed by atoms with E-state index in [1.165, 1.54) is 0 Å². The van der Waals surface area contributed by atoms with Gasteiger partial charge < -0.3 is 34.6 Å². The number of ether oxygens (including phenoxy) is 3. The van der Waals surface area contributed by atoms with Crippen molar-refractivity contribution in [3.05, 3.63) is 0 Å². The zero-order chi connectivity index (χ0) is 24.6. The Balaban J connectivity index is 1.37. The number of hydrogen-bond donors (Lipinski definition) is 4. The van der Waals surface area contributed by atoms with Crippen molar-refractivity contribution in [2.24, 2.45) is 34.5 Å². The predicted octanol–water partition coefficient (Wildman–Crippen LogP) is 1.46. The molecular weight excluding hydrogens is 444 g/mol. The first-order valence-electron chi connectivity index (χ1n) is 12.7. The quantitative estimate of drug-likeness (QED) is 0.440. The molecule has 34 heavy (non-hydrogen) atoms. The molecule has 192 valence electrons. The van der Waals surface area contributed by atoms with Crippen LogP contribution >= 0.6 is 0 Å². The molecule has 2 heterocycles. The SMILES string of the molecule is C[C@]12COC(=O)C[C@@H]1CC[C@@H]1[C@@H]2CC[C@@]2(C)[C@H]1CC[C@]2(C)O[C@@H]1O[C@H](C(=O)O)[C@@H](O)[C@H](O)[C@H]1O. The molecule has 12 atom stereocenters. The molecule has 0 aromatic carbocycles. The van der Waals surface area contributed by atoms with Crippen molar-refractivity contribution < 1.29 is 44.2 Å². The summed E-state index contributed by atoms with van der Waals surface area (Å²) in [6, 6.07) is 0. The fourth-order valence-electron chi connectivity index (χ4n) is 8.42. The lowest BCUT2D eigenvalue weighted by Crippen LogP contribution is -2.63. The molecule has 2 saturated heterocycles. The minimum absolute atomic E-state index is 0.00433. The van der Waals surface area contributed by atoms with Crippen molar-refractivity contribution in [1.82, 2.24) is 0 Å². The van der Waals surface area contributed by atoms with Gasteiger partial charge >= 0.3 is 11.9 Å². The highest BCUT2D eigenvalue weighted by atomic mass is 16.7. The Kier molecular flexibility index (Phi) is 5.84. The Morgan fingerprint density at radius 1 is 0.971 bits per heavy atom. The van der Waals surface area contributed by atoms with Crippen LogP contribution in [0.5, 0.6) is 0 Å². The maximum atomic E-state index is 11.9. The number of hydrogen-bond acceptors (Lipinski definition) is 8. The van der Waals surface area contributed by atoms with Gasteiger partial charge in [0.2, 0.25) is 0 Å². The Morgan fingerprint density at radius 3 is 2.38 bits per heavy atom. The maximum absolute atomic E-state index is 11.9. The van der Waals surface area contributed by atoms with Gasteiger partial charge in [0.25, 0.3) is 0 Å². The highest BCUT2D eigenvalue weighted by Gasteiger charge is 2.65. The number of aliphatic carboxylic acids is 1. The van der Waals surface area contributed by atoms with Crippen LogP contribution in [-0.2, 0) is 23.8 Å². The van der Waals surface area contributed by atoms with Crippen molar-refractivity contribution in [1.29, 1.82) is 0 Å². The van der Waals surface area contributed by atoms with Crippen LogP contribution in [0.4, 0.5) is 0 Å². The molecule has 0 aromatic heterocycles. The van der Waals surface area contributed by atoms with Crippen LogP contribution in [0.3, 0.4) is 0 Å². The third-order valence-corrected chi connectivity index (χ3v) is 10.7. The smallest absolute Gasteiger partial charge is 0.335 e. The summed E-state index contributed by atoms with van der Waals surface area (Å²) in [5.41, 5.74) is -0.905. The van der Waals surface area contributed by atoms with E-state index < -0.39 is 42.3 Å². The Bertz CT molecular complexity index is 848. The number of fused-ring (bicyclic) bond motifs is 5. The molecule has 0 spiro atoms. The molecule has 4 N–H and O–H groups in total. The minimum Gasteiger partial charge on any atom is -0.479 e. The summed E-state index contributed by atoms with van der Waals surface area (Å²) in [5.74, 6) is 0.226. The van der Waals surface area contributed by atoms with Crippen LogP contribution in [0.2, 0.25) is 0 Å². The second-order valence-electron chi connectivity index (χ2n) is 12.1. The Labute approximate surface area is 199 Å². The van der Waals surface area contributed by atoms with Gasteiger partial charge in [-0.25, -0.2) is 4.79 Å². The van der Waals surface area contributed by atoms with E-state index >= 15 is 0 Å². The standard InChI is InChI=1S/C25H38O9/c1-23-11-32-16(26)10-12(23)4-5-13-14(23)6-8-24(2)15(13)7-9-25(24,3)34-22-19(29)17(27)18(28)20(33-22)21(30)31/h12-15,17-20,22,27-29H,4-11H2,1-3H3,(H,30,31)/t12-,13+,14-,15-,17-,18-,19+,20-,22-,23-,24-,25-/m0/s1. The average Bonchev–Trinajstić information content (AvgIpc) is 3.05. The third-order valence-electron chi connectivity index (χ3n) is 10.7. The van der Waals surface area contributed by atoms with Gasteiger partial charge in [-0.15, -0.1) is 0 Å². The number of carbonyl (C=O) groups excluding carboxylic acids is 1. The lowest BCUT2D eigenvalue weighted by Gasteiger charge is -2.61. The van der Waals surface area contributed by atoms with E-state index in [-0.39, 0.29) is 16.8 Å². The van der Waals surface area contributed by atoms with Gasteiger partial charge in [0.1, 0.15) is 18.3 Å². The molecule has 0 radical (unpaired) electrons. The number of esters is 1. The number of aliphatic hydroxyl groups is 3. The van der Waals surface area contributed by atoms with E-state index in [2.05, 4.69) is 13.8 Å². The number of aliphatic hydroxyl groups excluding tert-OH is 3. The van der Waals surface area contributed by atoms with Gasteiger partial charge in [-0.05, 0) is 74.5 Å². The summed E-state index contributed by atoms with van der Waals surface area (Å²) < 4.78 is 17.4. The van der Waals surface area contributed by atoms with E-state index in [1.807, 2.05) is 6.92 Å². The van der Waals surface area contributed by atoms with E-state index in [0.29, 0.717) is 36.7 Å². The molecule has 9 nitrogen and oxygen atoms in total. The highest BCUT2D eigenvalue weighted by Crippen LogP contribution is 2.68. The number of rotatable bonds is 3. The van der Waals surface area contributed by atoms with Gasteiger partial charge in [-0.3, -0.25) is 4.79 Å². The van der Waals surface area contributed by atoms with Gasteiger partial charge in [0.15, 0.2) is 12.4 Å². The first-order valence-corrected chi connectivity index (χ1v) is 12.7. The molecule has 3 aliphatic carbocycles. The highest BCUT2D eigenvalue weighted by molar-refractivity contribution is 5.73. The van der Waals surface area contributed by atoms with Crippen molar-refractivity contribution in [3.63, 3.8) is 0 Å². The maximum Gasteiger partial charge on any atom is 0.335 e. The minimum atomic E-state index is -1.73. The molecule has 3 saturated carbocycles. The van der Waals surface area contributed by atoms with E-state index in [4.69, 9.17) is 14.2 Å². The largest absolute Gasteiger partial charge is 0.479 e. The Morgan fingerprint density at radius 2 is 1.68 bits per heavy atom. The number of carboxylic acids is 1. The van der Waals surface area contributed by atoms with Crippen molar-refractivity contribution in [2.45, 2.75) is 102 Å². The first kappa shape index (κ1) is 24.4. The van der Waals surface area contributed by atoms with Crippen LogP contribution in [0.1, 0.15) is 65.7 Å². The molecule has 9 heteroatoms. The van der Waals surface area contributed by atoms with Crippen molar-refractivity contribution in [2.75, 3.05) is 6.61 Å². The predicted molar refractivity (Wildman–Crippen MR) is 117 cm³/mol. The summed E-state index contributed by atoms with van der Waals surface area (Å²) in [6.45, 7) is 7.02. The second kappa shape index (κ2) is 8.13. The molecule has 5 aliphatic rings. The van der Waals surface area contributed by atoms with Crippen LogP contribution in [0, 0.1) is 34.5 Å². The van der Waals surface area contributed by atoms with E-state index in [0.717, 1.165) is 38.5 Å². The monoisotopic (exact) mass is 482 g/mol.